The van der Waals surface area contributed by atoms with Crippen molar-refractivity contribution in [3.05, 3.63) is 35.2 Å². The Hall–Kier alpha value is -1.40. The SMILES string of the molecule is Cc1ccc(OCC2CC(=C(F)B3OC(C)(C)C(C)(C)O3)C2)nc1. The number of hydrogen-bond donors (Lipinski definition) is 0. The first-order chi connectivity index (χ1) is 11.2. The van der Waals surface area contributed by atoms with Crippen LogP contribution in [0.15, 0.2) is 29.6 Å². The fourth-order valence-corrected chi connectivity index (χ4v) is 2.81. The summed E-state index contributed by atoms with van der Waals surface area (Å²) in [5.74, 6) is 0.931. The molecule has 1 saturated carbocycles. The maximum absolute atomic E-state index is 14.6. The quantitative estimate of drug-likeness (QED) is 0.780. The molecule has 2 heterocycles. The highest BCUT2D eigenvalue weighted by molar-refractivity contribution is 6.53. The molecule has 24 heavy (non-hydrogen) atoms. The second kappa shape index (κ2) is 6.15. The van der Waals surface area contributed by atoms with Gasteiger partial charge in [0.2, 0.25) is 5.88 Å². The van der Waals surface area contributed by atoms with Crippen LogP contribution in [0.2, 0.25) is 0 Å². The van der Waals surface area contributed by atoms with Crippen LogP contribution in [0, 0.1) is 12.8 Å². The maximum atomic E-state index is 14.6. The normalized spacial score (nSPS) is 24.7. The van der Waals surface area contributed by atoms with Crippen molar-refractivity contribution in [2.24, 2.45) is 5.92 Å². The summed E-state index contributed by atoms with van der Waals surface area (Å²) in [5.41, 5.74) is 0.579. The van der Waals surface area contributed by atoms with Crippen molar-refractivity contribution in [2.45, 2.75) is 58.7 Å². The summed E-state index contributed by atoms with van der Waals surface area (Å²) in [5, 5.41) is 0. The predicted molar refractivity (Wildman–Crippen MR) is 91.4 cm³/mol. The molecule has 1 aliphatic heterocycles. The summed E-state index contributed by atoms with van der Waals surface area (Å²) in [7, 11) is -0.884. The van der Waals surface area contributed by atoms with Gasteiger partial charge in [-0.15, -0.1) is 0 Å². The van der Waals surface area contributed by atoms with Gasteiger partial charge in [0.15, 0.2) is 0 Å². The standard InChI is InChI=1S/C18H25BFNO3/c1-12-6-7-15(21-10-12)22-11-13-8-14(9-13)16(20)19-23-17(2,3)18(4,5)24-19/h6-7,10,13H,8-9,11H2,1-5H3. The minimum Gasteiger partial charge on any atom is -0.477 e. The molecule has 2 fully saturated rings. The van der Waals surface area contributed by atoms with E-state index in [0.29, 0.717) is 31.2 Å². The fraction of sp³-hybridized carbons (Fsp3) is 0.611. The van der Waals surface area contributed by atoms with E-state index in [1.54, 1.807) is 6.20 Å². The number of halogens is 1. The Kier molecular flexibility index (Phi) is 4.47. The van der Waals surface area contributed by atoms with Crippen molar-refractivity contribution >= 4 is 7.12 Å². The van der Waals surface area contributed by atoms with E-state index in [0.717, 1.165) is 11.1 Å². The Morgan fingerprint density at radius 1 is 1.25 bits per heavy atom. The zero-order chi connectivity index (χ0) is 17.5. The van der Waals surface area contributed by atoms with Crippen LogP contribution in [0.3, 0.4) is 0 Å². The van der Waals surface area contributed by atoms with E-state index < -0.39 is 18.3 Å². The van der Waals surface area contributed by atoms with Crippen molar-refractivity contribution in [1.82, 2.24) is 4.98 Å². The number of pyridine rings is 1. The lowest BCUT2D eigenvalue weighted by molar-refractivity contribution is 0.00578. The van der Waals surface area contributed by atoms with Gasteiger partial charge in [0.05, 0.1) is 17.8 Å². The van der Waals surface area contributed by atoms with Crippen LogP contribution < -0.4 is 4.74 Å². The summed E-state index contributed by atoms with van der Waals surface area (Å²) in [4.78, 5) is 4.21. The molecule has 1 aliphatic carbocycles. The highest BCUT2D eigenvalue weighted by Crippen LogP contribution is 2.43. The van der Waals surface area contributed by atoms with E-state index in [2.05, 4.69) is 4.98 Å². The van der Waals surface area contributed by atoms with Crippen molar-refractivity contribution in [3.63, 3.8) is 0 Å². The average molecular weight is 333 g/mol. The molecule has 0 spiro atoms. The van der Waals surface area contributed by atoms with Crippen molar-refractivity contribution < 1.29 is 18.4 Å². The third-order valence-electron chi connectivity index (χ3n) is 5.22. The fourth-order valence-electron chi connectivity index (χ4n) is 2.81. The van der Waals surface area contributed by atoms with Gasteiger partial charge in [0.25, 0.3) is 0 Å². The summed E-state index contributed by atoms with van der Waals surface area (Å²) < 4.78 is 31.8. The molecule has 6 heteroatoms. The van der Waals surface area contributed by atoms with E-state index >= 15 is 0 Å². The molecule has 130 valence electrons. The molecule has 1 aromatic heterocycles. The maximum Gasteiger partial charge on any atom is 0.525 e. The Morgan fingerprint density at radius 3 is 2.42 bits per heavy atom. The van der Waals surface area contributed by atoms with Crippen LogP contribution in [0.25, 0.3) is 0 Å². The van der Waals surface area contributed by atoms with Crippen LogP contribution >= 0.6 is 0 Å². The second-order valence-corrected chi connectivity index (χ2v) is 7.80. The summed E-state index contributed by atoms with van der Waals surface area (Å²) in [6.45, 7) is 10.2. The summed E-state index contributed by atoms with van der Waals surface area (Å²) in [6.07, 6.45) is 3.14. The second-order valence-electron chi connectivity index (χ2n) is 7.80. The monoisotopic (exact) mass is 333 g/mol. The van der Waals surface area contributed by atoms with Crippen molar-refractivity contribution in [1.29, 1.82) is 0 Å². The van der Waals surface area contributed by atoms with Gasteiger partial charge in [-0.25, -0.2) is 9.37 Å². The number of rotatable bonds is 4. The Balaban J connectivity index is 1.52. The lowest BCUT2D eigenvalue weighted by Crippen LogP contribution is -2.41. The smallest absolute Gasteiger partial charge is 0.477 e. The highest BCUT2D eigenvalue weighted by atomic mass is 19.1. The summed E-state index contributed by atoms with van der Waals surface area (Å²) >= 11 is 0. The van der Waals surface area contributed by atoms with Crippen molar-refractivity contribution in [2.75, 3.05) is 6.61 Å². The minimum atomic E-state index is -0.884. The number of hydrogen-bond acceptors (Lipinski definition) is 4. The molecule has 0 atom stereocenters. The van der Waals surface area contributed by atoms with Crippen LogP contribution in [0.4, 0.5) is 4.39 Å². The van der Waals surface area contributed by atoms with Crippen LogP contribution in [-0.2, 0) is 9.31 Å². The Morgan fingerprint density at radius 2 is 1.88 bits per heavy atom. The Labute approximate surface area is 143 Å². The topological polar surface area (TPSA) is 40.6 Å². The molecule has 3 rings (SSSR count). The molecule has 1 saturated heterocycles. The Bertz CT molecular complexity index is 618. The zero-order valence-corrected chi connectivity index (χ0v) is 15.1. The molecule has 1 aromatic rings. The zero-order valence-electron chi connectivity index (χ0n) is 15.1. The first kappa shape index (κ1) is 17.4. The predicted octanol–water partition coefficient (Wildman–Crippen LogP) is 4.03. The van der Waals surface area contributed by atoms with E-state index in [9.17, 15) is 4.39 Å². The lowest BCUT2D eigenvalue weighted by atomic mass is 9.73. The van der Waals surface area contributed by atoms with Crippen LogP contribution in [-0.4, -0.2) is 29.9 Å². The van der Waals surface area contributed by atoms with Gasteiger partial charge in [-0.2, -0.15) is 0 Å². The molecule has 0 bridgehead atoms. The number of allylic oxidation sites excluding steroid dienone is 1. The summed E-state index contributed by atoms with van der Waals surface area (Å²) in [6, 6.07) is 3.82. The number of aromatic nitrogens is 1. The van der Waals surface area contributed by atoms with Gasteiger partial charge >= 0.3 is 7.12 Å². The van der Waals surface area contributed by atoms with Crippen molar-refractivity contribution in [3.8, 4) is 5.88 Å². The molecule has 0 aromatic carbocycles. The van der Waals surface area contributed by atoms with Gasteiger partial charge in [-0.05, 0) is 58.6 Å². The minimum absolute atomic E-state index is 0.265. The van der Waals surface area contributed by atoms with Gasteiger partial charge in [-0.1, -0.05) is 6.07 Å². The van der Waals surface area contributed by atoms with Gasteiger partial charge in [0.1, 0.15) is 5.73 Å². The van der Waals surface area contributed by atoms with E-state index in [4.69, 9.17) is 14.0 Å². The largest absolute Gasteiger partial charge is 0.525 e. The molecule has 0 unspecified atom stereocenters. The molecule has 4 nitrogen and oxygen atoms in total. The first-order valence-electron chi connectivity index (χ1n) is 8.46. The molecular formula is C18H25BFNO3. The third kappa shape index (κ3) is 3.35. The van der Waals surface area contributed by atoms with Gasteiger partial charge < -0.3 is 14.0 Å². The van der Waals surface area contributed by atoms with Crippen LogP contribution in [0.1, 0.15) is 46.1 Å². The van der Waals surface area contributed by atoms with E-state index in [1.165, 1.54) is 0 Å². The molecule has 0 amide bonds. The number of nitrogens with zero attached hydrogens (tertiary/aromatic N) is 1. The number of ether oxygens (including phenoxy) is 1. The average Bonchev–Trinajstić information content (AvgIpc) is 2.67. The molecule has 2 aliphatic rings. The molecular weight excluding hydrogens is 308 g/mol. The van der Waals surface area contributed by atoms with Gasteiger partial charge in [-0.3, -0.25) is 0 Å². The molecule has 0 radical (unpaired) electrons. The molecule has 0 N–H and O–H groups in total. The first-order valence-corrected chi connectivity index (χ1v) is 8.46. The van der Waals surface area contributed by atoms with Gasteiger partial charge in [0, 0.05) is 18.2 Å². The van der Waals surface area contributed by atoms with E-state index in [-0.39, 0.29) is 5.73 Å². The highest BCUT2D eigenvalue weighted by Gasteiger charge is 2.54. The number of aryl methyl sites for hydroxylation is 1. The van der Waals surface area contributed by atoms with E-state index in [1.807, 2.05) is 46.8 Å². The van der Waals surface area contributed by atoms with Crippen LogP contribution in [0.5, 0.6) is 5.88 Å². The third-order valence-corrected chi connectivity index (χ3v) is 5.22. The lowest BCUT2D eigenvalue weighted by Gasteiger charge is -2.32.